The van der Waals surface area contributed by atoms with Crippen LogP contribution >= 0.6 is 0 Å². The van der Waals surface area contributed by atoms with E-state index in [1.165, 1.54) is 18.7 Å². The number of hydrogen-bond acceptors (Lipinski definition) is 4. The summed E-state index contributed by atoms with van der Waals surface area (Å²) in [6.45, 7) is 1.93. The van der Waals surface area contributed by atoms with Gasteiger partial charge in [-0.2, -0.15) is 0 Å². The molecule has 0 aromatic carbocycles. The van der Waals surface area contributed by atoms with Crippen LogP contribution in [0, 0.1) is 5.82 Å². The number of pyridine rings is 1. The van der Waals surface area contributed by atoms with E-state index in [1.54, 1.807) is 0 Å². The second-order valence-corrected chi connectivity index (χ2v) is 7.04. The number of aromatic nitrogens is 1. The lowest BCUT2D eigenvalue weighted by Crippen LogP contribution is -2.46. The Hall–Kier alpha value is -1.05. The van der Waals surface area contributed by atoms with Gasteiger partial charge in [0.2, 0.25) is 5.03 Å². The van der Waals surface area contributed by atoms with Crippen LogP contribution in [0.5, 0.6) is 0 Å². The molecule has 0 radical (unpaired) electrons. The molecule has 2 saturated heterocycles. The van der Waals surface area contributed by atoms with Crippen molar-refractivity contribution in [1.29, 1.82) is 0 Å². The Kier molecular flexibility index (Phi) is 3.74. The Morgan fingerprint density at radius 2 is 2.15 bits per heavy atom. The fourth-order valence-corrected chi connectivity index (χ4v) is 4.52. The summed E-state index contributed by atoms with van der Waals surface area (Å²) in [5.41, 5.74) is 0. The van der Waals surface area contributed by atoms with E-state index >= 15 is 0 Å². The van der Waals surface area contributed by atoms with Crippen molar-refractivity contribution in [1.82, 2.24) is 14.6 Å². The van der Waals surface area contributed by atoms with Gasteiger partial charge in [0.25, 0.3) is 10.0 Å². The molecule has 3 rings (SSSR count). The van der Waals surface area contributed by atoms with Crippen LogP contribution in [-0.4, -0.2) is 43.5 Å². The quantitative estimate of drug-likeness (QED) is 0.909. The van der Waals surface area contributed by atoms with Crippen LogP contribution in [0.3, 0.4) is 0 Å². The number of sulfonamides is 1. The van der Waals surface area contributed by atoms with Crippen molar-refractivity contribution >= 4 is 10.0 Å². The predicted octanol–water partition coefficient (Wildman–Crippen LogP) is 1.13. The Labute approximate surface area is 118 Å². The highest BCUT2D eigenvalue weighted by molar-refractivity contribution is 7.89. The molecule has 2 fully saturated rings. The minimum atomic E-state index is -3.89. The van der Waals surface area contributed by atoms with Gasteiger partial charge in [-0.15, -0.1) is 0 Å². The van der Waals surface area contributed by atoms with E-state index in [1.807, 2.05) is 0 Å². The standard InChI is InChI=1S/C13H18FN3O2S/c14-10-4-3-7-15-13(10)20(18,19)16-11-6-9-17-8-2-1-5-12(11)17/h3-4,7,11-12,16H,1-2,5-6,8-9H2. The number of rotatable bonds is 3. The molecule has 3 heterocycles. The summed E-state index contributed by atoms with van der Waals surface area (Å²) in [6.07, 6.45) is 5.36. The zero-order valence-electron chi connectivity index (χ0n) is 11.1. The van der Waals surface area contributed by atoms with Gasteiger partial charge in [0, 0.05) is 24.8 Å². The molecule has 5 nitrogen and oxygen atoms in total. The van der Waals surface area contributed by atoms with Crippen molar-refractivity contribution in [2.24, 2.45) is 0 Å². The van der Waals surface area contributed by atoms with Crippen LogP contribution in [-0.2, 0) is 10.0 Å². The van der Waals surface area contributed by atoms with Crippen LogP contribution < -0.4 is 4.72 Å². The summed E-state index contributed by atoms with van der Waals surface area (Å²) in [5, 5.41) is -0.505. The second kappa shape index (κ2) is 5.38. The first-order valence-electron chi connectivity index (χ1n) is 6.95. The Morgan fingerprint density at radius 3 is 2.95 bits per heavy atom. The second-order valence-electron chi connectivity index (χ2n) is 5.41. The maximum absolute atomic E-state index is 13.6. The molecule has 0 spiro atoms. The molecule has 1 aromatic heterocycles. The van der Waals surface area contributed by atoms with Crippen molar-refractivity contribution in [2.45, 2.75) is 42.8 Å². The van der Waals surface area contributed by atoms with Gasteiger partial charge in [0.05, 0.1) is 0 Å². The number of nitrogens with one attached hydrogen (secondary N) is 1. The smallest absolute Gasteiger partial charge is 0.261 e. The summed E-state index contributed by atoms with van der Waals surface area (Å²) in [7, 11) is -3.89. The summed E-state index contributed by atoms with van der Waals surface area (Å²) in [4.78, 5) is 5.98. The minimum absolute atomic E-state index is 0.137. The predicted molar refractivity (Wildman–Crippen MR) is 72.1 cm³/mol. The third-order valence-corrected chi connectivity index (χ3v) is 5.56. The van der Waals surface area contributed by atoms with Gasteiger partial charge in [-0.3, -0.25) is 4.90 Å². The van der Waals surface area contributed by atoms with Crippen LogP contribution in [0.4, 0.5) is 4.39 Å². The van der Waals surface area contributed by atoms with Crippen LogP contribution in [0.15, 0.2) is 23.4 Å². The molecule has 7 heteroatoms. The van der Waals surface area contributed by atoms with Crippen LogP contribution in [0.2, 0.25) is 0 Å². The molecule has 2 atom stereocenters. The summed E-state index contributed by atoms with van der Waals surface area (Å²) >= 11 is 0. The molecule has 0 aliphatic carbocycles. The third-order valence-electron chi connectivity index (χ3n) is 4.14. The molecular weight excluding hydrogens is 281 g/mol. The maximum Gasteiger partial charge on any atom is 0.261 e. The highest BCUT2D eigenvalue weighted by atomic mass is 32.2. The lowest BCUT2D eigenvalue weighted by molar-refractivity contribution is 0.186. The summed E-state index contributed by atoms with van der Waals surface area (Å²) in [6, 6.07) is 2.60. The van der Waals surface area contributed by atoms with Gasteiger partial charge in [-0.1, -0.05) is 6.42 Å². The molecule has 0 amide bonds. The van der Waals surface area contributed by atoms with E-state index in [4.69, 9.17) is 0 Å². The highest BCUT2D eigenvalue weighted by Gasteiger charge is 2.38. The first-order chi connectivity index (χ1) is 9.58. The van der Waals surface area contributed by atoms with E-state index in [9.17, 15) is 12.8 Å². The average Bonchev–Trinajstić information content (AvgIpc) is 2.82. The molecule has 110 valence electrons. The SMILES string of the molecule is O=S(=O)(NC1CCN2CCCCC12)c1ncccc1F. The molecule has 1 N–H and O–H groups in total. The Bertz CT molecular complexity index is 593. The fraction of sp³-hybridized carbons (Fsp3) is 0.615. The number of hydrogen-bond donors (Lipinski definition) is 1. The van der Waals surface area contributed by atoms with Crippen molar-refractivity contribution < 1.29 is 12.8 Å². The van der Waals surface area contributed by atoms with Crippen molar-refractivity contribution in [3.63, 3.8) is 0 Å². The zero-order chi connectivity index (χ0) is 14.2. The molecule has 20 heavy (non-hydrogen) atoms. The first kappa shape index (κ1) is 13.9. The summed E-state index contributed by atoms with van der Waals surface area (Å²) in [5.74, 6) is -0.807. The molecule has 0 saturated carbocycles. The lowest BCUT2D eigenvalue weighted by Gasteiger charge is -2.32. The van der Waals surface area contributed by atoms with Gasteiger partial charge in [-0.05, 0) is 37.9 Å². The number of fused-ring (bicyclic) bond motifs is 1. The van der Waals surface area contributed by atoms with Gasteiger partial charge in [0.15, 0.2) is 5.82 Å². The van der Waals surface area contributed by atoms with Crippen molar-refractivity contribution in [2.75, 3.05) is 13.1 Å². The van der Waals surface area contributed by atoms with Gasteiger partial charge in [-0.25, -0.2) is 22.5 Å². The van der Waals surface area contributed by atoms with Gasteiger partial charge in [0.1, 0.15) is 0 Å². The van der Waals surface area contributed by atoms with Crippen LogP contribution in [0.1, 0.15) is 25.7 Å². The normalized spacial score (nSPS) is 27.4. The molecular formula is C13H18FN3O2S. The molecule has 1 aromatic rings. The van der Waals surface area contributed by atoms with E-state index in [0.717, 1.165) is 38.4 Å². The zero-order valence-corrected chi connectivity index (χ0v) is 11.9. The summed E-state index contributed by atoms with van der Waals surface area (Å²) < 4.78 is 40.7. The first-order valence-corrected chi connectivity index (χ1v) is 8.43. The van der Waals surface area contributed by atoms with E-state index in [-0.39, 0.29) is 12.1 Å². The molecule has 2 aliphatic heterocycles. The van der Waals surface area contributed by atoms with Crippen molar-refractivity contribution in [3.05, 3.63) is 24.1 Å². The average molecular weight is 299 g/mol. The largest absolute Gasteiger partial charge is 0.299 e. The molecule has 2 unspecified atom stereocenters. The topological polar surface area (TPSA) is 62.3 Å². The lowest BCUT2D eigenvalue weighted by atomic mass is 10.00. The Balaban J connectivity index is 1.79. The number of halogens is 1. The maximum atomic E-state index is 13.6. The number of nitrogens with zero attached hydrogens (tertiary/aromatic N) is 2. The fourth-order valence-electron chi connectivity index (χ4n) is 3.21. The Morgan fingerprint density at radius 1 is 1.30 bits per heavy atom. The van der Waals surface area contributed by atoms with Gasteiger partial charge >= 0.3 is 0 Å². The van der Waals surface area contributed by atoms with Crippen LogP contribution in [0.25, 0.3) is 0 Å². The van der Waals surface area contributed by atoms with E-state index < -0.39 is 20.9 Å². The van der Waals surface area contributed by atoms with Gasteiger partial charge < -0.3 is 0 Å². The van der Waals surface area contributed by atoms with E-state index in [2.05, 4.69) is 14.6 Å². The molecule has 0 bridgehead atoms. The molecule has 2 aliphatic rings. The third kappa shape index (κ3) is 2.57. The minimum Gasteiger partial charge on any atom is -0.299 e. The highest BCUT2D eigenvalue weighted by Crippen LogP contribution is 2.28. The van der Waals surface area contributed by atoms with Crippen molar-refractivity contribution in [3.8, 4) is 0 Å². The van der Waals surface area contributed by atoms with E-state index in [0.29, 0.717) is 0 Å². The monoisotopic (exact) mass is 299 g/mol. The number of piperidine rings is 1.